The third-order valence-corrected chi connectivity index (χ3v) is 3.00. The Balaban J connectivity index is 2.27. The first kappa shape index (κ1) is 8.10. The summed E-state index contributed by atoms with van der Waals surface area (Å²) in [6.07, 6.45) is 8.83. The Hall–Kier alpha value is 0. The Morgan fingerprint density at radius 2 is 1.80 bits per heavy atom. The summed E-state index contributed by atoms with van der Waals surface area (Å²) in [5.41, 5.74) is 0. The molecule has 0 saturated heterocycles. The Bertz CT molecular complexity index is 86.0. The summed E-state index contributed by atoms with van der Waals surface area (Å²) in [5, 5.41) is 0. The molecule has 0 N–H and O–H groups in total. The van der Waals surface area contributed by atoms with Gasteiger partial charge in [0, 0.05) is 0 Å². The molecule has 1 saturated carbocycles. The molecule has 1 aliphatic carbocycles. The fourth-order valence-corrected chi connectivity index (χ4v) is 2.40. The maximum atomic E-state index is 2.35. The van der Waals surface area contributed by atoms with Crippen molar-refractivity contribution in [3.63, 3.8) is 0 Å². The van der Waals surface area contributed by atoms with Crippen LogP contribution in [0.5, 0.6) is 0 Å². The third kappa shape index (κ3) is 1.74. The summed E-state index contributed by atoms with van der Waals surface area (Å²) in [6.45, 7) is 4.66. The zero-order chi connectivity index (χ0) is 7.40. The van der Waals surface area contributed by atoms with Crippen molar-refractivity contribution in [3.8, 4) is 0 Å². The third-order valence-electron chi connectivity index (χ3n) is 3.00. The van der Waals surface area contributed by atoms with E-state index < -0.39 is 0 Å². The number of hydrogen-bond donors (Lipinski definition) is 0. The average Bonchev–Trinajstić information content (AvgIpc) is 2.36. The van der Waals surface area contributed by atoms with Gasteiger partial charge >= 0.3 is 0 Å². The molecule has 1 fully saturated rings. The first-order valence-electron chi connectivity index (χ1n) is 4.88. The van der Waals surface area contributed by atoms with Gasteiger partial charge in [0.05, 0.1) is 0 Å². The van der Waals surface area contributed by atoms with E-state index in [0.29, 0.717) is 0 Å². The molecule has 1 rings (SSSR count). The first-order chi connectivity index (χ1) is 4.88. The summed E-state index contributed by atoms with van der Waals surface area (Å²) in [6, 6.07) is 0. The molecular formula is C10H20. The highest BCUT2D eigenvalue weighted by Crippen LogP contribution is 2.36. The van der Waals surface area contributed by atoms with Gasteiger partial charge in [-0.1, -0.05) is 52.4 Å². The van der Waals surface area contributed by atoms with Gasteiger partial charge in [-0.3, -0.25) is 0 Å². The van der Waals surface area contributed by atoms with Crippen LogP contribution in [0.25, 0.3) is 0 Å². The van der Waals surface area contributed by atoms with Crippen molar-refractivity contribution < 1.29 is 0 Å². The molecule has 0 heterocycles. The van der Waals surface area contributed by atoms with Crippen LogP contribution >= 0.6 is 0 Å². The molecule has 60 valence electrons. The normalized spacial score (nSPS) is 33.0. The summed E-state index contributed by atoms with van der Waals surface area (Å²) in [7, 11) is 0. The van der Waals surface area contributed by atoms with Crippen LogP contribution in [0.3, 0.4) is 0 Å². The van der Waals surface area contributed by atoms with Crippen molar-refractivity contribution in [2.45, 2.75) is 52.4 Å². The van der Waals surface area contributed by atoms with Crippen LogP contribution in [0.1, 0.15) is 52.4 Å². The Morgan fingerprint density at radius 3 is 2.40 bits per heavy atom. The minimum absolute atomic E-state index is 1.08. The summed E-state index contributed by atoms with van der Waals surface area (Å²) in [5.74, 6) is 2.18. The number of rotatable bonds is 3. The SMILES string of the molecule is CCC[C@@H]1CCCC1CC. The molecule has 0 aromatic rings. The molecule has 0 heteroatoms. The van der Waals surface area contributed by atoms with Crippen molar-refractivity contribution >= 4 is 0 Å². The van der Waals surface area contributed by atoms with E-state index in [0.717, 1.165) is 11.8 Å². The standard InChI is InChI=1S/C10H20/c1-3-6-10-8-5-7-9(10)4-2/h9-10H,3-8H2,1-2H3/t9?,10-/m1/s1. The van der Waals surface area contributed by atoms with E-state index in [2.05, 4.69) is 13.8 Å². The van der Waals surface area contributed by atoms with Gasteiger partial charge < -0.3 is 0 Å². The Kier molecular flexibility index (Phi) is 3.24. The lowest BCUT2D eigenvalue weighted by Gasteiger charge is -2.16. The zero-order valence-electron chi connectivity index (χ0n) is 7.40. The summed E-state index contributed by atoms with van der Waals surface area (Å²) in [4.78, 5) is 0. The predicted octanol–water partition coefficient (Wildman–Crippen LogP) is 3.61. The van der Waals surface area contributed by atoms with Gasteiger partial charge in [0.1, 0.15) is 0 Å². The maximum Gasteiger partial charge on any atom is -0.0386 e. The first-order valence-corrected chi connectivity index (χ1v) is 4.88. The van der Waals surface area contributed by atoms with E-state index in [4.69, 9.17) is 0 Å². The maximum absolute atomic E-state index is 2.35. The predicted molar refractivity (Wildman–Crippen MR) is 46.0 cm³/mol. The van der Waals surface area contributed by atoms with Gasteiger partial charge in [0.15, 0.2) is 0 Å². The molecule has 0 aromatic carbocycles. The van der Waals surface area contributed by atoms with E-state index >= 15 is 0 Å². The van der Waals surface area contributed by atoms with E-state index in [1.807, 2.05) is 0 Å². The smallest absolute Gasteiger partial charge is 0.0386 e. The second-order valence-corrected chi connectivity index (χ2v) is 3.65. The topological polar surface area (TPSA) is 0 Å². The fraction of sp³-hybridized carbons (Fsp3) is 1.00. The Labute approximate surface area is 65.0 Å². The van der Waals surface area contributed by atoms with Gasteiger partial charge in [-0.05, 0) is 11.8 Å². The molecule has 0 aliphatic heterocycles. The second kappa shape index (κ2) is 4.00. The fourth-order valence-electron chi connectivity index (χ4n) is 2.40. The van der Waals surface area contributed by atoms with E-state index in [1.54, 1.807) is 0 Å². The van der Waals surface area contributed by atoms with Crippen molar-refractivity contribution in [3.05, 3.63) is 0 Å². The lowest BCUT2D eigenvalue weighted by molar-refractivity contribution is 0.352. The molecule has 0 radical (unpaired) electrons. The van der Waals surface area contributed by atoms with Crippen LogP contribution < -0.4 is 0 Å². The van der Waals surface area contributed by atoms with Crippen molar-refractivity contribution in [1.82, 2.24) is 0 Å². The van der Waals surface area contributed by atoms with Crippen molar-refractivity contribution in [1.29, 1.82) is 0 Å². The molecule has 2 atom stereocenters. The lowest BCUT2D eigenvalue weighted by atomic mass is 9.90. The van der Waals surface area contributed by atoms with Gasteiger partial charge in [0.25, 0.3) is 0 Å². The highest BCUT2D eigenvalue weighted by Gasteiger charge is 2.24. The Morgan fingerprint density at radius 1 is 1.10 bits per heavy atom. The van der Waals surface area contributed by atoms with Crippen molar-refractivity contribution in [2.24, 2.45) is 11.8 Å². The molecule has 0 nitrogen and oxygen atoms in total. The number of hydrogen-bond acceptors (Lipinski definition) is 0. The second-order valence-electron chi connectivity index (χ2n) is 3.65. The minimum Gasteiger partial charge on any atom is -0.0654 e. The molecular weight excluding hydrogens is 120 g/mol. The van der Waals surface area contributed by atoms with Crippen LogP contribution in [-0.2, 0) is 0 Å². The van der Waals surface area contributed by atoms with Crippen LogP contribution in [0.15, 0.2) is 0 Å². The largest absolute Gasteiger partial charge is 0.0654 e. The van der Waals surface area contributed by atoms with Crippen LogP contribution in [0.2, 0.25) is 0 Å². The minimum atomic E-state index is 1.08. The molecule has 1 aliphatic rings. The van der Waals surface area contributed by atoms with Crippen molar-refractivity contribution in [2.75, 3.05) is 0 Å². The highest BCUT2D eigenvalue weighted by atomic mass is 14.3. The quantitative estimate of drug-likeness (QED) is 0.561. The average molecular weight is 140 g/mol. The molecule has 0 spiro atoms. The van der Waals surface area contributed by atoms with E-state index in [-0.39, 0.29) is 0 Å². The molecule has 0 bridgehead atoms. The lowest BCUT2D eigenvalue weighted by Crippen LogP contribution is -2.05. The van der Waals surface area contributed by atoms with Gasteiger partial charge in [-0.15, -0.1) is 0 Å². The molecule has 1 unspecified atom stereocenters. The molecule has 0 amide bonds. The van der Waals surface area contributed by atoms with Gasteiger partial charge in [-0.2, -0.15) is 0 Å². The monoisotopic (exact) mass is 140 g/mol. The van der Waals surface area contributed by atoms with E-state index in [1.165, 1.54) is 38.5 Å². The van der Waals surface area contributed by atoms with Gasteiger partial charge in [-0.25, -0.2) is 0 Å². The van der Waals surface area contributed by atoms with E-state index in [9.17, 15) is 0 Å². The van der Waals surface area contributed by atoms with Crippen LogP contribution in [-0.4, -0.2) is 0 Å². The summed E-state index contributed by atoms with van der Waals surface area (Å²) >= 11 is 0. The molecule has 0 aromatic heterocycles. The van der Waals surface area contributed by atoms with Gasteiger partial charge in [0.2, 0.25) is 0 Å². The van der Waals surface area contributed by atoms with Crippen LogP contribution in [0.4, 0.5) is 0 Å². The molecule has 10 heavy (non-hydrogen) atoms. The zero-order valence-corrected chi connectivity index (χ0v) is 7.40. The highest BCUT2D eigenvalue weighted by molar-refractivity contribution is 4.75. The van der Waals surface area contributed by atoms with Crippen LogP contribution in [0, 0.1) is 11.8 Å². The summed E-state index contributed by atoms with van der Waals surface area (Å²) < 4.78 is 0.